The van der Waals surface area contributed by atoms with Crippen molar-refractivity contribution in [3.8, 4) is 0 Å². The van der Waals surface area contributed by atoms with Gasteiger partial charge in [-0.05, 0) is 31.2 Å². The van der Waals surface area contributed by atoms with Crippen molar-refractivity contribution < 1.29 is 9.90 Å². The third kappa shape index (κ3) is 4.94. The number of hydrogen-bond donors (Lipinski definition) is 3. The van der Waals surface area contributed by atoms with Crippen LogP contribution in [0.5, 0.6) is 0 Å². The van der Waals surface area contributed by atoms with Gasteiger partial charge in [-0.1, -0.05) is 26.2 Å². The van der Waals surface area contributed by atoms with Crippen LogP contribution in [0.2, 0.25) is 0 Å². The maximum absolute atomic E-state index is 10.5. The smallest absolute Gasteiger partial charge is 0.321 e. The molecule has 3 unspecified atom stereocenters. The molecule has 1 fully saturated rings. The number of hydrogen-bond acceptors (Lipinski definition) is 3. The fourth-order valence-electron chi connectivity index (χ4n) is 2.47. The minimum absolute atomic E-state index is 0.373. The van der Waals surface area contributed by atoms with Crippen LogP contribution in [-0.4, -0.2) is 30.2 Å². The Morgan fingerprint density at radius 3 is 2.94 bits per heavy atom. The lowest BCUT2D eigenvalue weighted by Crippen LogP contribution is -2.40. The van der Waals surface area contributed by atoms with E-state index in [0.717, 1.165) is 24.8 Å². The van der Waals surface area contributed by atoms with Gasteiger partial charge in [0.15, 0.2) is 0 Å². The quantitative estimate of drug-likeness (QED) is 0.597. The van der Waals surface area contributed by atoms with Crippen molar-refractivity contribution in [3.05, 3.63) is 0 Å². The van der Waals surface area contributed by atoms with Crippen LogP contribution in [0.4, 0.5) is 0 Å². The molecule has 0 bridgehead atoms. The normalized spacial score (nSPS) is 27.6. The van der Waals surface area contributed by atoms with E-state index in [1.54, 1.807) is 0 Å². The van der Waals surface area contributed by atoms with Gasteiger partial charge in [-0.25, -0.2) is 0 Å². The Hall–Kier alpha value is -0.610. The summed E-state index contributed by atoms with van der Waals surface area (Å²) in [6.07, 6.45) is 6.52. The van der Waals surface area contributed by atoms with Crippen molar-refractivity contribution in [1.82, 2.24) is 5.32 Å². The highest BCUT2D eigenvalue weighted by molar-refractivity contribution is 5.73. The lowest BCUT2D eigenvalue weighted by atomic mass is 9.81. The molecule has 1 saturated carbocycles. The Bertz CT molecular complexity index is 221. The molecule has 0 spiro atoms. The average Bonchev–Trinajstić information content (AvgIpc) is 2.24. The summed E-state index contributed by atoms with van der Waals surface area (Å²) in [6, 6.07) is -0.773. The summed E-state index contributed by atoms with van der Waals surface area (Å²) in [5.41, 5.74) is 5.40. The molecule has 4 nitrogen and oxygen atoms in total. The Kier molecular flexibility index (Phi) is 5.77. The second-order valence-electron chi connectivity index (χ2n) is 5.08. The number of nitrogens with two attached hydrogens (primary N) is 1. The van der Waals surface area contributed by atoms with Gasteiger partial charge < -0.3 is 16.2 Å². The molecule has 4 heteroatoms. The zero-order valence-corrected chi connectivity index (χ0v) is 10.1. The summed E-state index contributed by atoms with van der Waals surface area (Å²) in [5, 5.41) is 11.7. The van der Waals surface area contributed by atoms with Crippen LogP contribution < -0.4 is 11.1 Å². The van der Waals surface area contributed by atoms with Gasteiger partial charge in [-0.15, -0.1) is 0 Å². The molecule has 1 rings (SSSR count). The molecule has 0 saturated heterocycles. The molecule has 1 aliphatic carbocycles. The van der Waals surface area contributed by atoms with Gasteiger partial charge in [0.2, 0.25) is 0 Å². The number of rotatable bonds is 6. The van der Waals surface area contributed by atoms with Crippen LogP contribution in [0.3, 0.4) is 0 Å². The van der Waals surface area contributed by atoms with Crippen molar-refractivity contribution in [1.29, 1.82) is 0 Å². The number of carboxylic acid groups (broad SMARTS) is 1. The Morgan fingerprint density at radius 1 is 1.56 bits per heavy atom. The monoisotopic (exact) mass is 228 g/mol. The SMILES string of the molecule is CC1CCCC(CCNCC(N)C(=O)O)C1. The topological polar surface area (TPSA) is 75.3 Å². The fourth-order valence-corrected chi connectivity index (χ4v) is 2.47. The molecule has 1 aliphatic rings. The predicted octanol–water partition coefficient (Wildman–Crippen LogP) is 1.20. The zero-order valence-electron chi connectivity index (χ0n) is 10.1. The van der Waals surface area contributed by atoms with E-state index in [0.29, 0.717) is 6.54 Å². The largest absolute Gasteiger partial charge is 0.480 e. The highest BCUT2D eigenvalue weighted by Crippen LogP contribution is 2.30. The average molecular weight is 228 g/mol. The van der Waals surface area contributed by atoms with Crippen LogP contribution in [-0.2, 0) is 4.79 Å². The summed E-state index contributed by atoms with van der Waals surface area (Å²) < 4.78 is 0. The standard InChI is InChI=1S/C12H24N2O2/c1-9-3-2-4-10(7-9)5-6-14-8-11(13)12(15)16/h9-11,14H,2-8,13H2,1H3,(H,15,16). The molecule has 0 aromatic rings. The van der Waals surface area contributed by atoms with E-state index in [1.807, 2.05) is 0 Å². The molecule has 0 radical (unpaired) electrons. The summed E-state index contributed by atoms with van der Waals surface area (Å²) in [6.45, 7) is 3.58. The van der Waals surface area contributed by atoms with Crippen molar-refractivity contribution >= 4 is 5.97 Å². The van der Waals surface area contributed by atoms with Gasteiger partial charge >= 0.3 is 5.97 Å². The molecule has 0 aromatic carbocycles. The molecule has 4 N–H and O–H groups in total. The van der Waals surface area contributed by atoms with E-state index in [1.165, 1.54) is 25.7 Å². The minimum Gasteiger partial charge on any atom is -0.480 e. The molecule has 94 valence electrons. The predicted molar refractivity (Wildman–Crippen MR) is 64.2 cm³/mol. The molecular formula is C12H24N2O2. The molecule has 0 amide bonds. The van der Waals surface area contributed by atoms with Gasteiger partial charge in [0.25, 0.3) is 0 Å². The molecule has 3 atom stereocenters. The van der Waals surface area contributed by atoms with Crippen molar-refractivity contribution in [3.63, 3.8) is 0 Å². The molecular weight excluding hydrogens is 204 g/mol. The van der Waals surface area contributed by atoms with Crippen LogP contribution in [0.25, 0.3) is 0 Å². The number of carboxylic acids is 1. The first-order valence-corrected chi connectivity index (χ1v) is 6.28. The zero-order chi connectivity index (χ0) is 12.0. The van der Waals surface area contributed by atoms with E-state index in [4.69, 9.17) is 10.8 Å². The van der Waals surface area contributed by atoms with Gasteiger partial charge in [0.05, 0.1) is 0 Å². The van der Waals surface area contributed by atoms with Crippen LogP contribution in [0.1, 0.15) is 39.0 Å². The molecule has 0 aromatic heterocycles. The lowest BCUT2D eigenvalue weighted by molar-refractivity contribution is -0.138. The third-order valence-electron chi connectivity index (χ3n) is 3.46. The van der Waals surface area contributed by atoms with Crippen molar-refractivity contribution in [2.45, 2.75) is 45.1 Å². The summed E-state index contributed by atoms with van der Waals surface area (Å²) in [7, 11) is 0. The van der Waals surface area contributed by atoms with Crippen LogP contribution in [0, 0.1) is 11.8 Å². The molecule has 16 heavy (non-hydrogen) atoms. The van der Waals surface area contributed by atoms with E-state index in [9.17, 15) is 4.79 Å². The van der Waals surface area contributed by atoms with Crippen molar-refractivity contribution in [2.75, 3.05) is 13.1 Å². The Labute approximate surface area is 97.6 Å². The highest BCUT2D eigenvalue weighted by atomic mass is 16.4. The van der Waals surface area contributed by atoms with Gasteiger partial charge in [0, 0.05) is 6.54 Å². The summed E-state index contributed by atoms with van der Waals surface area (Å²) >= 11 is 0. The first-order chi connectivity index (χ1) is 7.59. The van der Waals surface area contributed by atoms with Crippen LogP contribution >= 0.6 is 0 Å². The summed E-state index contributed by atoms with van der Waals surface area (Å²) in [4.78, 5) is 10.5. The maximum Gasteiger partial charge on any atom is 0.321 e. The number of carbonyl (C=O) groups is 1. The van der Waals surface area contributed by atoms with Crippen molar-refractivity contribution in [2.24, 2.45) is 17.6 Å². The number of nitrogens with one attached hydrogen (secondary N) is 1. The highest BCUT2D eigenvalue weighted by Gasteiger charge is 2.18. The van der Waals surface area contributed by atoms with Crippen LogP contribution in [0.15, 0.2) is 0 Å². The minimum atomic E-state index is -0.932. The Morgan fingerprint density at radius 2 is 2.31 bits per heavy atom. The molecule has 0 aliphatic heterocycles. The fraction of sp³-hybridized carbons (Fsp3) is 0.917. The van der Waals surface area contributed by atoms with Gasteiger partial charge in [-0.3, -0.25) is 4.79 Å². The second kappa shape index (κ2) is 6.86. The van der Waals surface area contributed by atoms with E-state index >= 15 is 0 Å². The molecule has 0 heterocycles. The van der Waals surface area contributed by atoms with Gasteiger partial charge in [0.1, 0.15) is 6.04 Å². The first-order valence-electron chi connectivity index (χ1n) is 6.28. The number of aliphatic carboxylic acids is 1. The second-order valence-corrected chi connectivity index (χ2v) is 5.08. The van der Waals surface area contributed by atoms with Gasteiger partial charge in [-0.2, -0.15) is 0 Å². The maximum atomic E-state index is 10.5. The van der Waals surface area contributed by atoms with E-state index in [2.05, 4.69) is 12.2 Å². The third-order valence-corrected chi connectivity index (χ3v) is 3.46. The lowest BCUT2D eigenvalue weighted by Gasteiger charge is -2.26. The first kappa shape index (κ1) is 13.5. The Balaban J connectivity index is 2.04. The van der Waals surface area contributed by atoms with E-state index < -0.39 is 12.0 Å². The van der Waals surface area contributed by atoms with E-state index in [-0.39, 0.29) is 0 Å². The summed E-state index contributed by atoms with van der Waals surface area (Å²) in [5.74, 6) is 0.746.